The number of nitrogens with zero attached hydrogens (tertiary/aromatic N) is 1. The lowest BCUT2D eigenvalue weighted by Gasteiger charge is -2.33. The summed E-state index contributed by atoms with van der Waals surface area (Å²) in [6, 6.07) is 9.75. The smallest absolute Gasteiger partial charge is 0.419 e. The second-order valence-corrected chi connectivity index (χ2v) is 16.1. The highest BCUT2D eigenvalue weighted by molar-refractivity contribution is 5.97. The number of fused-ring (bicyclic) bond motifs is 12. The molecule has 14 nitrogen and oxygen atoms in total. The van der Waals surface area contributed by atoms with Gasteiger partial charge in [-0.25, -0.2) is 14.4 Å². The third-order valence-electron chi connectivity index (χ3n) is 10.00. The predicted molar refractivity (Wildman–Crippen MR) is 211 cm³/mol. The van der Waals surface area contributed by atoms with E-state index in [0.29, 0.717) is 28.5 Å². The second-order valence-electron chi connectivity index (χ2n) is 16.1. The SMILES string of the molecule is CC[C@H](C)[C@@H]1NC(=O)[C@@H](NC(=O)OCc2ccccc2)[C@H](C(C)C)c2ccc3c(cn(C(=O)OC(C)(C)C)c3c2)C[C@@H](C(=O)OC)NC(=O)[C@H](C(C)C)NC1=O. The van der Waals surface area contributed by atoms with E-state index in [1.165, 1.54) is 11.7 Å². The first-order valence-electron chi connectivity index (χ1n) is 19.2. The van der Waals surface area contributed by atoms with Crippen molar-refractivity contribution in [2.45, 2.75) is 117 Å². The van der Waals surface area contributed by atoms with Gasteiger partial charge < -0.3 is 35.5 Å². The Hall–Kier alpha value is -5.40. The molecule has 56 heavy (non-hydrogen) atoms. The molecule has 2 aliphatic rings. The van der Waals surface area contributed by atoms with E-state index in [1.54, 1.807) is 65.9 Å². The van der Waals surface area contributed by atoms with Crippen LogP contribution in [0.4, 0.5) is 9.59 Å². The van der Waals surface area contributed by atoms with Crippen molar-refractivity contribution in [2.75, 3.05) is 7.11 Å². The summed E-state index contributed by atoms with van der Waals surface area (Å²) in [5.41, 5.74) is 1.43. The molecule has 0 radical (unpaired) electrons. The lowest BCUT2D eigenvalue weighted by Crippen LogP contribution is -2.61. The van der Waals surface area contributed by atoms with Gasteiger partial charge in [0.25, 0.3) is 0 Å². The van der Waals surface area contributed by atoms with Crippen molar-refractivity contribution in [1.82, 2.24) is 25.8 Å². The molecule has 0 fully saturated rings. The van der Waals surface area contributed by atoms with Gasteiger partial charge in [-0.15, -0.1) is 0 Å². The molecule has 2 aliphatic heterocycles. The Balaban J connectivity index is 1.95. The van der Waals surface area contributed by atoms with Gasteiger partial charge in [-0.1, -0.05) is 90.4 Å². The molecular weight excluding hydrogens is 718 g/mol. The van der Waals surface area contributed by atoms with Crippen molar-refractivity contribution in [2.24, 2.45) is 17.8 Å². The van der Waals surface area contributed by atoms with Crippen molar-refractivity contribution >= 4 is 46.8 Å². The van der Waals surface area contributed by atoms with E-state index < -0.39 is 83.4 Å². The van der Waals surface area contributed by atoms with Crippen LogP contribution in [0.2, 0.25) is 0 Å². The van der Waals surface area contributed by atoms with E-state index in [0.717, 1.165) is 5.56 Å². The Morgan fingerprint density at radius 2 is 1.52 bits per heavy atom. The minimum atomic E-state index is -1.26. The van der Waals surface area contributed by atoms with Crippen LogP contribution in [0.3, 0.4) is 0 Å². The summed E-state index contributed by atoms with van der Waals surface area (Å²) >= 11 is 0. The number of carbonyl (C=O) groups excluding carboxylic acids is 6. The summed E-state index contributed by atoms with van der Waals surface area (Å²) in [5.74, 6) is -4.43. The number of methoxy groups -OCH3 is 1. The molecule has 1 aromatic heterocycles. The molecule has 6 atom stereocenters. The van der Waals surface area contributed by atoms with Crippen molar-refractivity contribution < 1.29 is 43.0 Å². The molecular formula is C42H57N5O9. The summed E-state index contributed by atoms with van der Waals surface area (Å²) in [4.78, 5) is 83.1. The molecule has 3 heterocycles. The Kier molecular flexibility index (Phi) is 14.3. The van der Waals surface area contributed by atoms with Gasteiger partial charge in [0.15, 0.2) is 0 Å². The average Bonchev–Trinajstić information content (AvgIpc) is 3.50. The Morgan fingerprint density at radius 3 is 2.11 bits per heavy atom. The number of carbonyl (C=O) groups is 6. The van der Waals surface area contributed by atoms with Crippen LogP contribution in [-0.4, -0.2) is 77.3 Å². The van der Waals surface area contributed by atoms with Gasteiger partial charge in [-0.3, -0.25) is 19.0 Å². The number of esters is 1. The van der Waals surface area contributed by atoms with Crippen LogP contribution in [0.1, 0.15) is 91.3 Å². The van der Waals surface area contributed by atoms with Crippen LogP contribution in [0.25, 0.3) is 10.9 Å². The number of alkyl carbamates (subject to hydrolysis) is 1. The monoisotopic (exact) mass is 775 g/mol. The van der Waals surface area contributed by atoms with Gasteiger partial charge in [-0.05, 0) is 61.3 Å². The lowest BCUT2D eigenvalue weighted by atomic mass is 9.81. The number of ether oxygens (including phenoxy) is 3. The molecule has 0 spiro atoms. The highest BCUT2D eigenvalue weighted by Gasteiger charge is 2.39. The highest BCUT2D eigenvalue weighted by atomic mass is 16.6. The fraction of sp³-hybridized carbons (Fsp3) is 0.524. The Labute approximate surface area is 328 Å². The lowest BCUT2D eigenvalue weighted by molar-refractivity contribution is -0.145. The number of amides is 4. The number of rotatable bonds is 8. The van der Waals surface area contributed by atoms with Gasteiger partial charge in [-0.2, -0.15) is 0 Å². The van der Waals surface area contributed by atoms with Crippen LogP contribution < -0.4 is 21.3 Å². The zero-order valence-electron chi connectivity index (χ0n) is 34.1. The zero-order valence-corrected chi connectivity index (χ0v) is 34.1. The van der Waals surface area contributed by atoms with Gasteiger partial charge in [0.1, 0.15) is 36.4 Å². The minimum Gasteiger partial charge on any atom is -0.467 e. The predicted octanol–water partition coefficient (Wildman–Crippen LogP) is 5.34. The number of nitrogens with one attached hydrogen (secondary N) is 4. The van der Waals surface area contributed by atoms with E-state index >= 15 is 0 Å². The summed E-state index contributed by atoms with van der Waals surface area (Å²) in [7, 11) is 1.21. The molecule has 4 N–H and O–H groups in total. The quantitative estimate of drug-likeness (QED) is 0.133. The molecule has 0 saturated carbocycles. The van der Waals surface area contributed by atoms with E-state index in [1.807, 2.05) is 51.1 Å². The van der Waals surface area contributed by atoms with Crippen LogP contribution >= 0.6 is 0 Å². The van der Waals surface area contributed by atoms with Crippen LogP contribution in [-0.2, 0) is 46.4 Å². The van der Waals surface area contributed by atoms with Crippen LogP contribution in [0.5, 0.6) is 0 Å². The maximum atomic E-state index is 14.6. The standard InChI is InChI=1S/C42H57N5O9/c1-11-25(6)34-37(49)44-33(24(4)5)36(48)43-30(39(51)54-10)19-28-21-47(41(53)56-42(7,8)9)31-20-27(17-18-29(28)31)32(23(2)3)35(38(50)45-34)46-40(52)55-22-26-15-13-12-14-16-26/h12-18,20-21,23-25,30,32-35H,11,19,22H2,1-10H3,(H,43,48)(H,44,49)(H,45,50)(H,46,52)/t25-,30-,32+,33-,34-,35-/m0/s1. The fourth-order valence-corrected chi connectivity index (χ4v) is 6.86. The third kappa shape index (κ3) is 10.7. The summed E-state index contributed by atoms with van der Waals surface area (Å²) in [6.07, 6.45) is 0.451. The molecule has 4 amide bonds. The first kappa shape index (κ1) is 43.3. The molecule has 0 unspecified atom stereocenters. The zero-order chi connectivity index (χ0) is 41.5. The topological polar surface area (TPSA) is 183 Å². The van der Waals surface area contributed by atoms with E-state index in [9.17, 15) is 28.8 Å². The normalized spacial score (nSPS) is 21.6. The molecule has 304 valence electrons. The Morgan fingerprint density at radius 1 is 0.875 bits per heavy atom. The van der Waals surface area contributed by atoms with Crippen molar-refractivity contribution in [3.63, 3.8) is 0 Å². The fourth-order valence-electron chi connectivity index (χ4n) is 6.86. The third-order valence-corrected chi connectivity index (χ3v) is 10.00. The second kappa shape index (κ2) is 18.5. The largest absolute Gasteiger partial charge is 0.467 e. The van der Waals surface area contributed by atoms with Crippen LogP contribution in [0.15, 0.2) is 54.7 Å². The maximum absolute atomic E-state index is 14.6. The number of hydrogen-bond donors (Lipinski definition) is 4. The van der Waals surface area contributed by atoms with E-state index in [2.05, 4.69) is 21.3 Å². The van der Waals surface area contributed by atoms with Gasteiger partial charge >= 0.3 is 18.2 Å². The van der Waals surface area contributed by atoms with Crippen molar-refractivity contribution in [1.29, 1.82) is 0 Å². The molecule has 0 aliphatic carbocycles. The Bertz CT molecular complexity index is 1900. The van der Waals surface area contributed by atoms with Crippen LogP contribution in [0, 0.1) is 17.8 Å². The molecule has 0 saturated heterocycles. The molecule has 14 heteroatoms. The van der Waals surface area contributed by atoms with E-state index in [-0.39, 0.29) is 18.9 Å². The average molecular weight is 776 g/mol. The van der Waals surface area contributed by atoms with E-state index in [4.69, 9.17) is 14.2 Å². The first-order chi connectivity index (χ1) is 26.3. The number of aromatic nitrogens is 1. The number of hydrogen-bond acceptors (Lipinski definition) is 9. The summed E-state index contributed by atoms with van der Waals surface area (Å²) in [5, 5.41) is 11.8. The minimum absolute atomic E-state index is 0.0470. The molecule has 2 aromatic carbocycles. The maximum Gasteiger partial charge on any atom is 0.419 e. The van der Waals surface area contributed by atoms with Gasteiger partial charge in [0.05, 0.1) is 12.6 Å². The van der Waals surface area contributed by atoms with Gasteiger partial charge in [0.2, 0.25) is 17.7 Å². The first-order valence-corrected chi connectivity index (χ1v) is 19.2. The molecule has 3 aromatic rings. The summed E-state index contributed by atoms with van der Waals surface area (Å²) in [6.45, 7) is 16.2. The summed E-state index contributed by atoms with van der Waals surface area (Å²) < 4.78 is 17.8. The van der Waals surface area contributed by atoms with Crippen molar-refractivity contribution in [3.8, 4) is 0 Å². The molecule has 5 rings (SSSR count). The molecule has 4 bridgehead atoms. The number of benzene rings is 2. The highest BCUT2D eigenvalue weighted by Crippen LogP contribution is 2.34. The van der Waals surface area contributed by atoms with Crippen molar-refractivity contribution in [3.05, 3.63) is 71.4 Å². The van der Waals surface area contributed by atoms with Gasteiger partial charge in [0, 0.05) is 23.9 Å².